The first kappa shape index (κ1) is 18.7. The Labute approximate surface area is 162 Å². The van der Waals surface area contributed by atoms with Crippen molar-refractivity contribution in [2.75, 3.05) is 5.32 Å². The molecule has 0 aliphatic carbocycles. The quantitative estimate of drug-likeness (QED) is 0.643. The number of carbonyl (C=O) groups is 1. The molecule has 11 heteroatoms. The number of aromatic nitrogens is 5. The molecule has 2 aromatic heterocycles. The molecule has 3 rings (SSSR count). The van der Waals surface area contributed by atoms with Crippen LogP contribution in [0.2, 0.25) is 10.0 Å². The fourth-order valence-corrected chi connectivity index (χ4v) is 3.14. The second kappa shape index (κ2) is 8.09. The van der Waals surface area contributed by atoms with E-state index in [-0.39, 0.29) is 18.9 Å². The molecule has 0 radical (unpaired) electrons. The van der Waals surface area contributed by atoms with Gasteiger partial charge in [0.15, 0.2) is 0 Å². The number of rotatable bonds is 6. The molecule has 1 amide bonds. The van der Waals surface area contributed by atoms with E-state index in [2.05, 4.69) is 25.8 Å². The number of hydrogen-bond acceptors (Lipinski definition) is 7. The summed E-state index contributed by atoms with van der Waals surface area (Å²) in [4.78, 5) is 12.1. The van der Waals surface area contributed by atoms with Crippen molar-refractivity contribution in [2.24, 2.45) is 0 Å². The smallest absolute Gasteiger partial charge is 0.232 e. The summed E-state index contributed by atoms with van der Waals surface area (Å²) in [5, 5.41) is 29.0. The molecule has 0 spiro atoms. The van der Waals surface area contributed by atoms with Gasteiger partial charge in [0.2, 0.25) is 11.0 Å². The zero-order valence-electron chi connectivity index (χ0n) is 13.6. The summed E-state index contributed by atoms with van der Waals surface area (Å²) in [6, 6.07) is 5.35. The van der Waals surface area contributed by atoms with Gasteiger partial charge in [0, 0.05) is 0 Å². The third kappa shape index (κ3) is 4.36. The van der Waals surface area contributed by atoms with E-state index in [0.717, 1.165) is 22.6 Å². The van der Waals surface area contributed by atoms with Crippen LogP contribution in [0.1, 0.15) is 22.0 Å². The predicted octanol–water partition coefficient (Wildman–Crippen LogP) is 2.47. The number of anilines is 1. The van der Waals surface area contributed by atoms with Crippen LogP contribution in [0, 0.1) is 6.92 Å². The predicted molar refractivity (Wildman–Crippen MR) is 98.5 cm³/mol. The lowest BCUT2D eigenvalue weighted by Crippen LogP contribution is -2.15. The Bertz CT molecular complexity index is 942. The summed E-state index contributed by atoms with van der Waals surface area (Å²) in [5.74, 6) is -0.282. The minimum Gasteiger partial charge on any atom is -0.389 e. The number of hydrogen-bond donors (Lipinski definition) is 2. The van der Waals surface area contributed by atoms with Crippen molar-refractivity contribution < 1.29 is 9.90 Å². The molecule has 0 aliphatic heterocycles. The molecule has 0 saturated carbocycles. The van der Waals surface area contributed by atoms with Crippen molar-refractivity contribution in [1.29, 1.82) is 0 Å². The lowest BCUT2D eigenvalue weighted by atomic mass is 10.2. The van der Waals surface area contributed by atoms with Crippen molar-refractivity contribution in [3.63, 3.8) is 0 Å². The minimum absolute atomic E-state index is 0.0568. The lowest BCUT2D eigenvalue weighted by molar-refractivity contribution is -0.115. The average molecular weight is 413 g/mol. The number of nitrogens with zero attached hydrogens (tertiary/aromatic N) is 5. The van der Waals surface area contributed by atoms with Crippen LogP contribution in [0.15, 0.2) is 18.2 Å². The Morgan fingerprint density at radius 2 is 2.08 bits per heavy atom. The second-order valence-electron chi connectivity index (χ2n) is 5.41. The first-order valence-corrected chi connectivity index (χ1v) is 9.09. The Morgan fingerprint density at radius 1 is 1.27 bits per heavy atom. The van der Waals surface area contributed by atoms with Gasteiger partial charge in [-0.1, -0.05) is 45.8 Å². The Kier molecular flexibility index (Phi) is 5.82. The number of aliphatic hydroxyl groups excluding tert-OH is 1. The molecule has 0 bridgehead atoms. The Morgan fingerprint density at radius 3 is 2.77 bits per heavy atom. The molecule has 8 nitrogen and oxygen atoms in total. The standard InChI is InChI=1S/C15H14Cl2N6O2S/c1-8-12(5-13(25)18-15-21-20-14(7-24)26-15)19-22-23(8)6-9-2-3-10(16)11(17)4-9/h2-4,24H,5-7H2,1H3,(H,18,21,25). The molecule has 0 fully saturated rings. The second-order valence-corrected chi connectivity index (χ2v) is 7.29. The third-order valence-corrected chi connectivity index (χ3v) is 5.13. The number of benzene rings is 1. The van der Waals surface area contributed by atoms with Gasteiger partial charge in [0.05, 0.1) is 41.0 Å². The largest absolute Gasteiger partial charge is 0.389 e. The van der Waals surface area contributed by atoms with Crippen LogP contribution in [-0.4, -0.2) is 36.2 Å². The van der Waals surface area contributed by atoms with Gasteiger partial charge in [-0.2, -0.15) is 0 Å². The number of amides is 1. The van der Waals surface area contributed by atoms with E-state index in [1.165, 1.54) is 0 Å². The maximum Gasteiger partial charge on any atom is 0.232 e. The highest BCUT2D eigenvalue weighted by atomic mass is 35.5. The molecule has 0 saturated heterocycles. The third-order valence-electron chi connectivity index (χ3n) is 3.57. The van der Waals surface area contributed by atoms with Crippen molar-refractivity contribution in [2.45, 2.75) is 26.5 Å². The van der Waals surface area contributed by atoms with Gasteiger partial charge in [-0.05, 0) is 24.6 Å². The number of carbonyl (C=O) groups excluding carboxylic acids is 1. The van der Waals surface area contributed by atoms with Gasteiger partial charge in [0.1, 0.15) is 5.01 Å². The molecule has 1 aromatic carbocycles. The molecule has 0 atom stereocenters. The molecule has 0 aliphatic rings. The zero-order chi connectivity index (χ0) is 18.7. The van der Waals surface area contributed by atoms with Gasteiger partial charge in [-0.3, -0.25) is 4.79 Å². The SMILES string of the molecule is Cc1c(CC(=O)Nc2nnc(CO)s2)nnn1Cc1ccc(Cl)c(Cl)c1. The fraction of sp³-hybridized carbons (Fsp3) is 0.267. The molecular formula is C15H14Cl2N6O2S. The fourth-order valence-electron chi connectivity index (χ4n) is 2.20. The monoisotopic (exact) mass is 412 g/mol. The van der Waals surface area contributed by atoms with E-state index in [1.807, 2.05) is 13.0 Å². The van der Waals surface area contributed by atoms with Gasteiger partial charge in [-0.25, -0.2) is 4.68 Å². The van der Waals surface area contributed by atoms with E-state index in [9.17, 15) is 4.79 Å². The highest BCUT2D eigenvalue weighted by Crippen LogP contribution is 2.23. The molecular weight excluding hydrogens is 399 g/mol. The van der Waals surface area contributed by atoms with E-state index in [1.54, 1.807) is 16.8 Å². The molecule has 2 N–H and O–H groups in total. The lowest BCUT2D eigenvalue weighted by Gasteiger charge is -2.05. The molecule has 0 unspecified atom stereocenters. The van der Waals surface area contributed by atoms with Crippen LogP contribution in [0.3, 0.4) is 0 Å². The Hall–Kier alpha value is -2.07. The van der Waals surface area contributed by atoms with E-state index >= 15 is 0 Å². The van der Waals surface area contributed by atoms with Crippen LogP contribution in [0.5, 0.6) is 0 Å². The normalized spacial score (nSPS) is 10.9. The first-order chi connectivity index (χ1) is 12.5. The van der Waals surface area contributed by atoms with E-state index in [4.69, 9.17) is 28.3 Å². The van der Waals surface area contributed by atoms with E-state index < -0.39 is 0 Å². The van der Waals surface area contributed by atoms with Crippen LogP contribution in [-0.2, 0) is 24.4 Å². The van der Waals surface area contributed by atoms with Crippen molar-refractivity contribution >= 4 is 45.6 Å². The first-order valence-electron chi connectivity index (χ1n) is 7.52. The topological polar surface area (TPSA) is 106 Å². The summed E-state index contributed by atoms with van der Waals surface area (Å²) in [5.41, 5.74) is 2.27. The van der Waals surface area contributed by atoms with Crippen molar-refractivity contribution in [3.8, 4) is 0 Å². The van der Waals surface area contributed by atoms with E-state index in [0.29, 0.717) is 32.4 Å². The molecule has 26 heavy (non-hydrogen) atoms. The molecule has 3 aromatic rings. The number of nitrogens with one attached hydrogen (secondary N) is 1. The maximum absolute atomic E-state index is 12.1. The van der Waals surface area contributed by atoms with Crippen molar-refractivity contribution in [3.05, 3.63) is 50.2 Å². The minimum atomic E-state index is -0.282. The molecule has 136 valence electrons. The Balaban J connectivity index is 1.66. The molecule has 2 heterocycles. The summed E-state index contributed by atoms with van der Waals surface area (Å²) in [6.45, 7) is 2.10. The summed E-state index contributed by atoms with van der Waals surface area (Å²) in [7, 11) is 0. The number of halogens is 2. The summed E-state index contributed by atoms with van der Waals surface area (Å²) >= 11 is 13.1. The maximum atomic E-state index is 12.1. The van der Waals surface area contributed by atoms with Gasteiger partial charge >= 0.3 is 0 Å². The van der Waals surface area contributed by atoms with Crippen LogP contribution in [0.4, 0.5) is 5.13 Å². The van der Waals surface area contributed by atoms with Crippen molar-refractivity contribution in [1.82, 2.24) is 25.2 Å². The van der Waals surface area contributed by atoms with Gasteiger partial charge in [-0.15, -0.1) is 15.3 Å². The highest BCUT2D eigenvalue weighted by Gasteiger charge is 2.15. The van der Waals surface area contributed by atoms with Crippen LogP contribution >= 0.6 is 34.5 Å². The van der Waals surface area contributed by atoms with Crippen LogP contribution < -0.4 is 5.32 Å². The van der Waals surface area contributed by atoms with Gasteiger partial charge in [0.25, 0.3) is 0 Å². The van der Waals surface area contributed by atoms with Crippen LogP contribution in [0.25, 0.3) is 0 Å². The zero-order valence-corrected chi connectivity index (χ0v) is 15.9. The highest BCUT2D eigenvalue weighted by molar-refractivity contribution is 7.15. The summed E-state index contributed by atoms with van der Waals surface area (Å²) < 4.78 is 1.69. The number of aliphatic hydroxyl groups is 1. The van der Waals surface area contributed by atoms with Gasteiger partial charge < -0.3 is 10.4 Å². The summed E-state index contributed by atoms with van der Waals surface area (Å²) in [6.07, 6.45) is 0.0568. The average Bonchev–Trinajstić information content (AvgIpc) is 3.19.